The zero-order valence-corrected chi connectivity index (χ0v) is 13.7. The second-order valence-electron chi connectivity index (χ2n) is 4.36. The van der Waals surface area contributed by atoms with E-state index >= 15 is 0 Å². The number of esters is 1. The summed E-state index contributed by atoms with van der Waals surface area (Å²) in [7, 11) is -0.564. The highest BCUT2D eigenvalue weighted by atomic mass is 32.2. The minimum Gasteiger partial charge on any atom is -0.465 e. The fourth-order valence-corrected chi connectivity index (χ4v) is 4.32. The topological polar surface area (TPSA) is 75.7 Å². The van der Waals surface area contributed by atoms with Gasteiger partial charge in [-0.25, -0.2) is 17.9 Å². The van der Waals surface area contributed by atoms with Crippen LogP contribution in [0.3, 0.4) is 0 Å². The van der Waals surface area contributed by atoms with Crippen LogP contribution in [-0.4, -0.2) is 53.1 Å². The van der Waals surface area contributed by atoms with Crippen molar-refractivity contribution in [1.82, 2.24) is 9.62 Å². The van der Waals surface area contributed by atoms with Crippen LogP contribution >= 0.6 is 11.3 Å². The quantitative estimate of drug-likeness (QED) is 0.761. The molecule has 8 heteroatoms. The number of hydrogen-bond acceptors (Lipinski definition) is 6. The first-order valence-electron chi connectivity index (χ1n) is 6.18. The molecule has 1 aromatic rings. The number of methoxy groups -OCH3 is 1. The lowest BCUT2D eigenvalue weighted by molar-refractivity contribution is 0.0602. The van der Waals surface area contributed by atoms with Gasteiger partial charge in [0.25, 0.3) is 0 Å². The van der Waals surface area contributed by atoms with E-state index < -0.39 is 16.0 Å². The third-order valence-electron chi connectivity index (χ3n) is 2.88. The average Bonchev–Trinajstić information content (AvgIpc) is 2.80. The van der Waals surface area contributed by atoms with Gasteiger partial charge in [0.2, 0.25) is 10.0 Å². The van der Waals surface area contributed by atoms with Crippen LogP contribution in [0.2, 0.25) is 0 Å². The maximum absolute atomic E-state index is 12.3. The summed E-state index contributed by atoms with van der Waals surface area (Å²) in [4.78, 5) is 13.7. The summed E-state index contributed by atoms with van der Waals surface area (Å²) in [5.41, 5.74) is 0.548. The van der Waals surface area contributed by atoms with Crippen molar-refractivity contribution >= 4 is 27.3 Å². The zero-order chi connectivity index (χ0) is 15.3. The summed E-state index contributed by atoms with van der Waals surface area (Å²) in [6, 6.07) is 0. The first-order chi connectivity index (χ1) is 9.33. The Morgan fingerprint density at radius 1 is 1.50 bits per heavy atom. The molecule has 1 heterocycles. The van der Waals surface area contributed by atoms with Crippen LogP contribution in [-0.2, 0) is 14.8 Å². The molecule has 0 saturated heterocycles. The largest absolute Gasteiger partial charge is 0.465 e. The number of carbonyl (C=O) groups excluding carboxylic acids is 1. The molecule has 0 aliphatic rings. The van der Waals surface area contributed by atoms with Crippen LogP contribution in [0.5, 0.6) is 0 Å². The Bertz CT molecular complexity index is 566. The third kappa shape index (κ3) is 4.02. The fourth-order valence-electron chi connectivity index (χ4n) is 1.60. The molecular weight excluding hydrogens is 300 g/mol. The predicted octanol–water partition coefficient (Wildman–Crippen LogP) is 1.07. The molecule has 0 aliphatic carbocycles. The maximum atomic E-state index is 12.3. The summed E-state index contributed by atoms with van der Waals surface area (Å²) < 4.78 is 31.7. The molecule has 0 aliphatic heterocycles. The van der Waals surface area contributed by atoms with Crippen molar-refractivity contribution in [3.05, 3.63) is 15.8 Å². The Balaban J connectivity index is 2.92. The van der Waals surface area contributed by atoms with Gasteiger partial charge >= 0.3 is 5.97 Å². The minimum atomic E-state index is -3.70. The summed E-state index contributed by atoms with van der Waals surface area (Å²) in [6.07, 6.45) is 0. The molecule has 0 fully saturated rings. The maximum Gasteiger partial charge on any atom is 0.349 e. The number of nitrogens with zero attached hydrogens (tertiary/aromatic N) is 1. The molecule has 0 unspecified atom stereocenters. The van der Waals surface area contributed by atoms with Crippen molar-refractivity contribution in [3.63, 3.8) is 0 Å². The lowest BCUT2D eigenvalue weighted by atomic mass is 10.3. The van der Waals surface area contributed by atoms with Gasteiger partial charge in [-0.1, -0.05) is 6.92 Å². The molecule has 0 radical (unpaired) electrons. The average molecular weight is 320 g/mol. The third-order valence-corrected chi connectivity index (χ3v) is 5.74. The number of ether oxygens (including phenoxy) is 1. The second-order valence-corrected chi connectivity index (χ2v) is 6.95. The molecule has 1 rings (SSSR count). The van der Waals surface area contributed by atoms with E-state index in [4.69, 9.17) is 0 Å². The van der Waals surface area contributed by atoms with E-state index in [1.54, 1.807) is 12.3 Å². The van der Waals surface area contributed by atoms with Gasteiger partial charge in [-0.3, -0.25) is 0 Å². The van der Waals surface area contributed by atoms with Gasteiger partial charge in [0.1, 0.15) is 9.77 Å². The Kier molecular flexibility index (Phi) is 6.12. The van der Waals surface area contributed by atoms with Crippen molar-refractivity contribution in [2.45, 2.75) is 18.7 Å². The van der Waals surface area contributed by atoms with Crippen LogP contribution in [0.25, 0.3) is 0 Å². The number of aryl methyl sites for hydroxylation is 1. The number of sulfonamides is 1. The van der Waals surface area contributed by atoms with Crippen LogP contribution in [0.4, 0.5) is 0 Å². The van der Waals surface area contributed by atoms with Crippen molar-refractivity contribution in [3.8, 4) is 0 Å². The van der Waals surface area contributed by atoms with Crippen LogP contribution in [0.1, 0.15) is 22.2 Å². The van der Waals surface area contributed by atoms with E-state index in [0.717, 1.165) is 17.9 Å². The van der Waals surface area contributed by atoms with Crippen LogP contribution in [0.15, 0.2) is 10.3 Å². The summed E-state index contributed by atoms with van der Waals surface area (Å²) in [5, 5.41) is 1.64. The standard InChI is InChI=1S/C12H20N2O4S2/c1-5-14(3)7-6-13-20(16,17)11-9(2)8-19-10(11)12(15)18-4/h8,13H,5-7H2,1-4H3. The molecule has 1 N–H and O–H groups in total. The first-order valence-corrected chi connectivity index (χ1v) is 8.54. The van der Waals surface area contributed by atoms with E-state index in [9.17, 15) is 13.2 Å². The monoisotopic (exact) mass is 320 g/mol. The van der Waals surface area contributed by atoms with Gasteiger partial charge in [0.15, 0.2) is 0 Å². The molecule has 20 heavy (non-hydrogen) atoms. The number of carbonyl (C=O) groups is 1. The molecular formula is C12H20N2O4S2. The fraction of sp³-hybridized carbons (Fsp3) is 0.583. The molecule has 0 spiro atoms. The van der Waals surface area contributed by atoms with E-state index in [0.29, 0.717) is 18.7 Å². The number of hydrogen-bond donors (Lipinski definition) is 1. The summed E-state index contributed by atoms with van der Waals surface area (Å²) in [6.45, 7) is 5.39. The Morgan fingerprint density at radius 3 is 2.70 bits per heavy atom. The molecule has 0 amide bonds. The number of nitrogens with one attached hydrogen (secondary N) is 1. The second kappa shape index (κ2) is 7.16. The van der Waals surface area contributed by atoms with Crippen LogP contribution < -0.4 is 4.72 Å². The van der Waals surface area contributed by atoms with E-state index in [-0.39, 0.29) is 9.77 Å². The van der Waals surface area contributed by atoms with Gasteiger partial charge in [0.05, 0.1) is 7.11 Å². The van der Waals surface area contributed by atoms with Gasteiger partial charge < -0.3 is 9.64 Å². The normalized spacial score (nSPS) is 11.8. The molecule has 0 aromatic carbocycles. The Hall–Kier alpha value is -0.960. The predicted molar refractivity (Wildman–Crippen MR) is 78.8 cm³/mol. The lowest BCUT2D eigenvalue weighted by Crippen LogP contribution is -2.33. The van der Waals surface area contributed by atoms with Crippen molar-refractivity contribution < 1.29 is 17.9 Å². The molecule has 1 aromatic heterocycles. The van der Waals surface area contributed by atoms with Gasteiger partial charge in [-0.2, -0.15) is 0 Å². The lowest BCUT2D eigenvalue weighted by Gasteiger charge is -2.14. The molecule has 0 saturated carbocycles. The Labute approximate surface area is 123 Å². The number of thiophene rings is 1. The highest BCUT2D eigenvalue weighted by Crippen LogP contribution is 2.27. The van der Waals surface area contributed by atoms with Gasteiger partial charge in [0, 0.05) is 13.1 Å². The highest BCUT2D eigenvalue weighted by molar-refractivity contribution is 7.89. The van der Waals surface area contributed by atoms with Gasteiger partial charge in [-0.15, -0.1) is 11.3 Å². The number of rotatable bonds is 7. The Morgan fingerprint density at radius 2 is 2.15 bits per heavy atom. The first kappa shape index (κ1) is 17.1. The summed E-state index contributed by atoms with van der Waals surface area (Å²) in [5.74, 6) is -0.630. The van der Waals surface area contributed by atoms with E-state index in [2.05, 4.69) is 9.46 Å². The van der Waals surface area contributed by atoms with E-state index in [1.165, 1.54) is 7.11 Å². The number of likely N-dealkylation sites (N-methyl/N-ethyl adjacent to an activating group) is 1. The van der Waals surface area contributed by atoms with Crippen molar-refractivity contribution in [2.24, 2.45) is 0 Å². The van der Waals surface area contributed by atoms with E-state index in [1.807, 2.05) is 18.9 Å². The van der Waals surface area contributed by atoms with Crippen molar-refractivity contribution in [2.75, 3.05) is 33.8 Å². The highest BCUT2D eigenvalue weighted by Gasteiger charge is 2.27. The van der Waals surface area contributed by atoms with Crippen molar-refractivity contribution in [1.29, 1.82) is 0 Å². The zero-order valence-electron chi connectivity index (χ0n) is 12.1. The van der Waals surface area contributed by atoms with Crippen LogP contribution in [0, 0.1) is 6.92 Å². The molecule has 0 bridgehead atoms. The summed E-state index contributed by atoms with van der Waals surface area (Å²) >= 11 is 1.08. The minimum absolute atomic E-state index is 0.0218. The smallest absolute Gasteiger partial charge is 0.349 e. The SMILES string of the molecule is CCN(C)CCNS(=O)(=O)c1c(C)csc1C(=O)OC. The van der Waals surface area contributed by atoms with Gasteiger partial charge in [-0.05, 0) is 31.5 Å². The molecule has 6 nitrogen and oxygen atoms in total. The molecule has 0 atom stereocenters. The molecule has 114 valence electrons.